The highest BCUT2D eigenvalue weighted by molar-refractivity contribution is 9.10. The van der Waals surface area contributed by atoms with Crippen LogP contribution in [0.2, 0.25) is 0 Å². The lowest BCUT2D eigenvalue weighted by molar-refractivity contribution is -0.118. The summed E-state index contributed by atoms with van der Waals surface area (Å²) in [6.45, 7) is 2.07. The molecule has 1 atom stereocenters. The van der Waals surface area contributed by atoms with Gasteiger partial charge in [0.15, 0.2) is 0 Å². The van der Waals surface area contributed by atoms with Crippen LogP contribution < -0.4 is 10.9 Å². The maximum absolute atomic E-state index is 13.4. The van der Waals surface area contributed by atoms with Crippen LogP contribution in [0.5, 0.6) is 5.75 Å². The third kappa shape index (κ3) is 4.72. The molecule has 3 N–H and O–H groups in total. The smallest absolute Gasteiger partial charge is 0.343 e. The summed E-state index contributed by atoms with van der Waals surface area (Å²) < 4.78 is 6.70. The Morgan fingerprint density at radius 3 is 2.78 bits per heavy atom. The molecular weight excluding hydrogens is 520 g/mol. The minimum atomic E-state index is -0.547. The van der Waals surface area contributed by atoms with Crippen molar-refractivity contribution < 1.29 is 14.3 Å². The Balaban J connectivity index is 1.72. The molecule has 36 heavy (non-hydrogen) atoms. The number of fused-ring (bicyclic) bond motifs is 2. The van der Waals surface area contributed by atoms with E-state index >= 15 is 0 Å². The molecule has 0 bridgehead atoms. The van der Waals surface area contributed by atoms with Gasteiger partial charge in [-0.05, 0) is 61.4 Å². The van der Waals surface area contributed by atoms with Crippen LogP contribution >= 0.6 is 15.9 Å². The van der Waals surface area contributed by atoms with Crippen molar-refractivity contribution in [3.05, 3.63) is 97.1 Å². The van der Waals surface area contributed by atoms with E-state index in [1.54, 1.807) is 0 Å². The van der Waals surface area contributed by atoms with Crippen LogP contribution in [-0.2, 0) is 24.1 Å². The summed E-state index contributed by atoms with van der Waals surface area (Å²) in [6, 6.07) is 15.9. The highest BCUT2D eigenvalue weighted by atomic mass is 79.9. The van der Waals surface area contributed by atoms with Crippen molar-refractivity contribution in [2.75, 3.05) is 6.54 Å². The molecule has 1 unspecified atom stereocenters. The van der Waals surface area contributed by atoms with Crippen LogP contribution in [0.15, 0.2) is 62.2 Å². The highest BCUT2D eigenvalue weighted by Gasteiger charge is 2.32. The zero-order valence-electron chi connectivity index (χ0n) is 20.2. The molecule has 6 nitrogen and oxygen atoms in total. The van der Waals surface area contributed by atoms with Crippen LogP contribution in [0.25, 0.3) is 10.9 Å². The minimum Gasteiger partial charge on any atom is -0.507 e. The number of aryl methyl sites for hydroxylation is 2. The Kier molecular flexibility index (Phi) is 7.01. The number of hydrogen-bond acceptors (Lipinski definition) is 4. The number of benzene rings is 2. The van der Waals surface area contributed by atoms with Gasteiger partial charge in [0.25, 0.3) is 0 Å². The van der Waals surface area contributed by atoms with Gasteiger partial charge in [0.2, 0.25) is 5.91 Å². The fourth-order valence-electron chi connectivity index (χ4n) is 5.35. The second-order valence-electron chi connectivity index (χ2n) is 9.40. The molecular formula is C29H29BrN2O4. The molecule has 186 valence electrons. The van der Waals surface area contributed by atoms with Crippen molar-refractivity contribution >= 4 is 32.7 Å². The van der Waals surface area contributed by atoms with Crippen LogP contribution in [-0.4, -0.2) is 22.5 Å². The van der Waals surface area contributed by atoms with Crippen LogP contribution in [0.4, 0.5) is 0 Å². The Bertz CT molecular complexity index is 1490. The average Bonchev–Trinajstić information content (AvgIpc) is 3.22. The average molecular weight is 549 g/mol. The number of amides is 1. The summed E-state index contributed by atoms with van der Waals surface area (Å²) in [5, 5.41) is 15.4. The van der Waals surface area contributed by atoms with E-state index < -0.39 is 11.5 Å². The first-order valence-electron chi connectivity index (χ1n) is 12.4. The second kappa shape index (κ2) is 10.3. The Hall–Kier alpha value is -3.32. The van der Waals surface area contributed by atoms with E-state index in [-0.39, 0.29) is 17.2 Å². The molecule has 5 rings (SSSR count). The van der Waals surface area contributed by atoms with Crippen molar-refractivity contribution in [3.8, 4) is 5.75 Å². The van der Waals surface area contributed by atoms with Gasteiger partial charge in [-0.3, -0.25) is 4.79 Å². The van der Waals surface area contributed by atoms with Gasteiger partial charge in [0, 0.05) is 46.5 Å². The van der Waals surface area contributed by atoms with Crippen molar-refractivity contribution in [1.82, 2.24) is 10.3 Å². The highest BCUT2D eigenvalue weighted by Crippen LogP contribution is 2.42. The lowest BCUT2D eigenvalue weighted by Gasteiger charge is -2.23. The number of halogens is 1. The number of para-hydroxylation sites is 1. The minimum absolute atomic E-state index is 0.0498. The summed E-state index contributed by atoms with van der Waals surface area (Å²) >= 11 is 3.58. The normalized spacial score (nSPS) is 13.9. The van der Waals surface area contributed by atoms with Gasteiger partial charge in [-0.1, -0.05) is 46.3 Å². The van der Waals surface area contributed by atoms with Crippen molar-refractivity contribution in [2.24, 2.45) is 0 Å². The van der Waals surface area contributed by atoms with E-state index in [0.717, 1.165) is 57.0 Å². The number of H-pyrrole nitrogens is 1. The monoisotopic (exact) mass is 548 g/mol. The van der Waals surface area contributed by atoms with Crippen LogP contribution in [0.3, 0.4) is 0 Å². The molecule has 1 aliphatic rings. The number of carbonyl (C=O) groups excluding carboxylic acids is 1. The number of aromatic hydroxyl groups is 1. The quantitative estimate of drug-likeness (QED) is 0.257. The van der Waals surface area contributed by atoms with Gasteiger partial charge in [0.05, 0.1) is 11.5 Å². The molecule has 2 heterocycles. The maximum Gasteiger partial charge on any atom is 0.343 e. The Morgan fingerprint density at radius 1 is 1.17 bits per heavy atom. The third-order valence-corrected chi connectivity index (χ3v) is 7.47. The predicted octanol–water partition coefficient (Wildman–Crippen LogP) is 5.72. The second-order valence-corrected chi connectivity index (χ2v) is 10.3. The summed E-state index contributed by atoms with van der Waals surface area (Å²) in [5.41, 5.74) is 4.28. The molecule has 0 saturated carbocycles. The number of aromatic amines is 1. The lowest BCUT2D eigenvalue weighted by atomic mass is 9.84. The van der Waals surface area contributed by atoms with Gasteiger partial charge >= 0.3 is 5.63 Å². The molecule has 1 amide bonds. The Labute approximate surface area is 217 Å². The molecule has 4 aromatic rings. The standard InChI is InChI=1S/C29H29BrN2O4/c1-17(33)31-15-7-12-21-20-10-2-4-13-23(20)32-27(21)25(18-8-6-9-19(30)16-18)26-28(34)22-11-3-5-14-24(22)36-29(26)35/h2,4,6,8-10,13,16,25,32,34H,3,5,7,11-12,14-15H2,1H3,(H,31,33). The summed E-state index contributed by atoms with van der Waals surface area (Å²) in [6.07, 6.45) is 4.70. The molecule has 2 aromatic carbocycles. The zero-order chi connectivity index (χ0) is 25.2. The molecule has 0 aliphatic heterocycles. The molecule has 0 fully saturated rings. The van der Waals surface area contributed by atoms with Crippen molar-refractivity contribution in [3.63, 3.8) is 0 Å². The first-order chi connectivity index (χ1) is 17.4. The fourth-order valence-corrected chi connectivity index (χ4v) is 5.77. The van der Waals surface area contributed by atoms with Crippen LogP contribution in [0.1, 0.15) is 65.8 Å². The van der Waals surface area contributed by atoms with Gasteiger partial charge < -0.3 is 19.8 Å². The molecule has 2 aromatic heterocycles. The van der Waals surface area contributed by atoms with Gasteiger partial charge in [0.1, 0.15) is 11.5 Å². The Morgan fingerprint density at radius 2 is 1.97 bits per heavy atom. The molecule has 1 aliphatic carbocycles. The van der Waals surface area contributed by atoms with E-state index in [4.69, 9.17) is 4.42 Å². The lowest BCUT2D eigenvalue weighted by Crippen LogP contribution is -2.22. The molecule has 0 saturated heterocycles. The van der Waals surface area contributed by atoms with E-state index in [1.165, 1.54) is 6.92 Å². The van der Waals surface area contributed by atoms with Crippen molar-refractivity contribution in [2.45, 2.75) is 51.4 Å². The fraction of sp³-hybridized carbons (Fsp3) is 0.310. The van der Waals surface area contributed by atoms with E-state index in [9.17, 15) is 14.7 Å². The first-order valence-corrected chi connectivity index (χ1v) is 13.2. The van der Waals surface area contributed by atoms with Gasteiger partial charge in [-0.25, -0.2) is 4.79 Å². The largest absolute Gasteiger partial charge is 0.507 e. The van der Waals surface area contributed by atoms with Gasteiger partial charge in [-0.15, -0.1) is 0 Å². The summed E-state index contributed by atoms with van der Waals surface area (Å²) in [4.78, 5) is 28.4. The topological polar surface area (TPSA) is 95.3 Å². The predicted molar refractivity (Wildman–Crippen MR) is 144 cm³/mol. The van der Waals surface area contributed by atoms with Gasteiger partial charge in [-0.2, -0.15) is 0 Å². The number of rotatable bonds is 7. The van der Waals surface area contributed by atoms with Crippen LogP contribution in [0, 0.1) is 0 Å². The van der Waals surface area contributed by atoms with E-state index in [0.29, 0.717) is 31.6 Å². The number of aromatic nitrogens is 1. The molecule has 0 radical (unpaired) electrons. The first kappa shape index (κ1) is 24.4. The van der Waals surface area contributed by atoms with E-state index in [2.05, 4.69) is 32.3 Å². The molecule has 7 heteroatoms. The number of carbonyl (C=O) groups is 1. The van der Waals surface area contributed by atoms with E-state index in [1.807, 2.05) is 42.5 Å². The summed E-state index contributed by atoms with van der Waals surface area (Å²) in [5.74, 6) is 0.0494. The van der Waals surface area contributed by atoms with Crippen molar-refractivity contribution in [1.29, 1.82) is 0 Å². The zero-order valence-corrected chi connectivity index (χ0v) is 21.8. The summed E-state index contributed by atoms with van der Waals surface area (Å²) in [7, 11) is 0. The number of nitrogens with one attached hydrogen (secondary N) is 2. The maximum atomic E-state index is 13.4. The number of hydrogen-bond donors (Lipinski definition) is 3. The SMILES string of the molecule is CC(=O)NCCCc1c(C(c2cccc(Br)c2)c2c(O)c3c(oc2=O)CCCC3)[nH]c2ccccc12. The molecule has 0 spiro atoms. The third-order valence-electron chi connectivity index (χ3n) is 6.98.